The first-order chi connectivity index (χ1) is 19.5. The van der Waals surface area contributed by atoms with Crippen molar-refractivity contribution in [1.29, 1.82) is 0 Å². The number of Topliss-reactive ketones (excluding diaryl/α,β-unsaturated/α-hetero) is 1. The topological polar surface area (TPSA) is 59.3 Å². The van der Waals surface area contributed by atoms with Crippen LogP contribution >= 0.6 is 11.3 Å². The van der Waals surface area contributed by atoms with E-state index in [2.05, 4.69) is 12.2 Å². The predicted octanol–water partition coefficient (Wildman–Crippen LogP) is 5.71. The van der Waals surface area contributed by atoms with Crippen LogP contribution < -0.4 is 27.0 Å². The van der Waals surface area contributed by atoms with Gasteiger partial charge >= 0.3 is 0 Å². The Morgan fingerprint density at radius 3 is 2.10 bits per heavy atom. The van der Waals surface area contributed by atoms with E-state index in [0.29, 0.717) is 17.9 Å². The molecule has 0 spiro atoms. The molecule has 224 valence electrons. The van der Waals surface area contributed by atoms with Gasteiger partial charge in [-0.05, 0) is 31.5 Å². The maximum atomic E-state index is 13.2. The fourth-order valence-corrected chi connectivity index (χ4v) is 5.93. The monoisotopic (exact) mass is 598 g/mol. The second-order valence-corrected chi connectivity index (χ2v) is 11.6. The Hall–Kier alpha value is -2.70. The fourth-order valence-electron chi connectivity index (χ4n) is 5.03. The minimum Gasteiger partial charge on any atom is -1.00 e. The summed E-state index contributed by atoms with van der Waals surface area (Å²) in [5.74, 6) is 0.358. The van der Waals surface area contributed by atoms with Crippen LogP contribution in [0.4, 0.5) is 5.69 Å². The second-order valence-electron chi connectivity index (χ2n) is 10.7. The van der Waals surface area contributed by atoms with E-state index in [1.54, 1.807) is 24.3 Å². The average molecular weight is 599 g/mol. The minimum absolute atomic E-state index is 0. The smallest absolute Gasteiger partial charge is 0.270 e. The summed E-state index contributed by atoms with van der Waals surface area (Å²) in [7, 11) is 2.00. The van der Waals surface area contributed by atoms with E-state index in [0.717, 1.165) is 34.7 Å². The molecule has 0 bridgehead atoms. The summed E-state index contributed by atoms with van der Waals surface area (Å²) >= 11 is 1.63. The summed E-state index contributed by atoms with van der Waals surface area (Å²) in [5, 5.41) is 6.18. The van der Waals surface area contributed by atoms with Gasteiger partial charge in [-0.1, -0.05) is 113 Å². The van der Waals surface area contributed by atoms with Crippen LogP contribution in [-0.2, 0) is 18.3 Å². The Labute approximate surface area is 257 Å². The minimum atomic E-state index is -0.137. The molecule has 1 heterocycles. The van der Waals surface area contributed by atoms with Gasteiger partial charge in [0.25, 0.3) is 5.01 Å². The Kier molecular flexibility index (Phi) is 16.3. The van der Waals surface area contributed by atoms with E-state index in [9.17, 15) is 9.59 Å². The van der Waals surface area contributed by atoms with E-state index in [1.807, 2.05) is 59.6 Å². The number of benzene rings is 2. The SMILES string of the molecule is CCCCCCCCCCCCCCOc1c(CC(=O)Nc2ccccc2-c2scc[n+]2C)cccc1C(C)=O.[Cl-]. The molecule has 0 unspecified atom stereocenters. The molecule has 5 nitrogen and oxygen atoms in total. The van der Waals surface area contributed by atoms with Crippen molar-refractivity contribution in [3.8, 4) is 16.3 Å². The van der Waals surface area contributed by atoms with Gasteiger partial charge in [0.1, 0.15) is 12.8 Å². The number of ketones is 1. The van der Waals surface area contributed by atoms with Crippen molar-refractivity contribution in [2.45, 2.75) is 97.3 Å². The number of aryl methyl sites for hydroxylation is 1. The third-order valence-corrected chi connectivity index (χ3v) is 8.28. The Morgan fingerprint density at radius 2 is 1.49 bits per heavy atom. The Bertz CT molecular complexity index is 1210. The van der Waals surface area contributed by atoms with E-state index < -0.39 is 0 Å². The first-order valence-corrected chi connectivity index (χ1v) is 16.0. The molecule has 1 aromatic heterocycles. The Morgan fingerprint density at radius 1 is 0.854 bits per heavy atom. The molecule has 0 atom stereocenters. The highest BCUT2D eigenvalue weighted by Gasteiger charge is 2.19. The van der Waals surface area contributed by atoms with Crippen LogP contribution in [0.5, 0.6) is 5.75 Å². The molecule has 3 rings (SSSR count). The summed E-state index contributed by atoms with van der Waals surface area (Å²) in [6, 6.07) is 13.3. The number of halogens is 1. The van der Waals surface area contributed by atoms with E-state index >= 15 is 0 Å². The number of nitrogens with zero attached hydrogens (tertiary/aromatic N) is 1. The van der Waals surface area contributed by atoms with Crippen LogP contribution in [0.3, 0.4) is 0 Å². The molecule has 1 N–H and O–H groups in total. The number of nitrogens with one attached hydrogen (secondary N) is 1. The number of ether oxygens (including phenoxy) is 1. The predicted molar refractivity (Wildman–Crippen MR) is 166 cm³/mol. The molecule has 0 radical (unpaired) electrons. The number of rotatable bonds is 19. The van der Waals surface area contributed by atoms with Gasteiger partial charge in [-0.15, -0.1) is 0 Å². The zero-order valence-corrected chi connectivity index (χ0v) is 26.6. The number of hydrogen-bond donors (Lipinski definition) is 1. The van der Waals surface area contributed by atoms with Gasteiger partial charge in [0.2, 0.25) is 5.91 Å². The van der Waals surface area contributed by atoms with E-state index in [1.165, 1.54) is 64.2 Å². The fraction of sp³-hybridized carbons (Fsp3) is 0.500. The highest BCUT2D eigenvalue weighted by molar-refractivity contribution is 7.12. The van der Waals surface area contributed by atoms with Crippen LogP contribution in [0, 0.1) is 0 Å². The quantitative estimate of drug-likeness (QED) is 0.109. The van der Waals surface area contributed by atoms with Gasteiger partial charge in [0.05, 0.1) is 35.2 Å². The van der Waals surface area contributed by atoms with Crippen molar-refractivity contribution in [3.63, 3.8) is 0 Å². The summed E-state index contributed by atoms with van der Waals surface area (Å²) in [5.41, 5.74) is 3.03. The second kappa shape index (κ2) is 19.4. The number of aromatic nitrogens is 1. The normalized spacial score (nSPS) is 10.7. The number of anilines is 1. The molecule has 0 aliphatic carbocycles. The standard InChI is InChI=1S/C34H46N2O3S.ClH/c1-4-5-6-7-8-9-10-11-12-13-14-17-24-39-33-28(19-18-21-29(33)27(2)37)26-32(38)35-31-22-16-15-20-30(31)34-36(3)23-25-40-34;/h15-16,18-23,25H,4-14,17,24,26H2,1-3H3;1H. The van der Waals surface area contributed by atoms with Gasteiger partial charge in [-0.25, -0.2) is 0 Å². The maximum absolute atomic E-state index is 13.2. The number of carbonyl (C=O) groups excluding carboxylic acids is 2. The third-order valence-electron chi connectivity index (χ3n) is 7.29. The molecule has 0 aliphatic heterocycles. The summed E-state index contributed by atoms with van der Waals surface area (Å²) < 4.78 is 8.22. The third kappa shape index (κ3) is 11.6. The molecular weight excluding hydrogens is 552 g/mol. The molecule has 1 amide bonds. The first kappa shape index (κ1) is 34.5. The zero-order chi connectivity index (χ0) is 28.6. The lowest BCUT2D eigenvalue weighted by Gasteiger charge is -2.15. The van der Waals surface area contributed by atoms with Crippen LogP contribution in [0.1, 0.15) is 107 Å². The summed E-state index contributed by atoms with van der Waals surface area (Å²) in [6.45, 7) is 4.36. The summed E-state index contributed by atoms with van der Waals surface area (Å²) in [4.78, 5) is 25.5. The molecule has 0 saturated heterocycles. The number of para-hydroxylation sites is 2. The highest BCUT2D eigenvalue weighted by atomic mass is 35.5. The van der Waals surface area contributed by atoms with Gasteiger partial charge < -0.3 is 22.5 Å². The van der Waals surface area contributed by atoms with Crippen LogP contribution in [0.15, 0.2) is 54.0 Å². The molecule has 3 aromatic rings. The number of thiazole rings is 1. The lowest BCUT2D eigenvalue weighted by molar-refractivity contribution is -0.655. The average Bonchev–Trinajstić information content (AvgIpc) is 3.37. The largest absolute Gasteiger partial charge is 1.00 e. The van der Waals surface area contributed by atoms with Crippen molar-refractivity contribution in [1.82, 2.24) is 0 Å². The molecule has 0 saturated carbocycles. The van der Waals surface area contributed by atoms with Gasteiger partial charge in [0, 0.05) is 5.56 Å². The molecule has 0 fully saturated rings. The lowest BCUT2D eigenvalue weighted by Crippen LogP contribution is -3.00. The number of amides is 1. The maximum Gasteiger partial charge on any atom is 0.270 e. The highest BCUT2D eigenvalue weighted by Crippen LogP contribution is 2.30. The molecule has 41 heavy (non-hydrogen) atoms. The van der Waals surface area contributed by atoms with Crippen molar-refractivity contribution in [2.24, 2.45) is 7.05 Å². The van der Waals surface area contributed by atoms with Crippen molar-refractivity contribution in [3.05, 3.63) is 65.2 Å². The summed E-state index contributed by atoms with van der Waals surface area (Å²) in [6.07, 6.45) is 17.5. The lowest BCUT2D eigenvalue weighted by atomic mass is 10.0. The van der Waals surface area contributed by atoms with E-state index in [4.69, 9.17) is 4.74 Å². The van der Waals surface area contributed by atoms with Crippen molar-refractivity contribution in [2.75, 3.05) is 11.9 Å². The van der Waals surface area contributed by atoms with Crippen LogP contribution in [-0.4, -0.2) is 18.3 Å². The van der Waals surface area contributed by atoms with E-state index in [-0.39, 0.29) is 30.5 Å². The molecule has 7 heteroatoms. The van der Waals surface area contributed by atoms with Gasteiger partial charge in [-0.3, -0.25) is 9.59 Å². The van der Waals surface area contributed by atoms with Crippen LogP contribution in [0.2, 0.25) is 0 Å². The Balaban J connectivity index is 0.00000588. The molecule has 2 aromatic carbocycles. The number of carbonyl (C=O) groups is 2. The van der Waals surface area contributed by atoms with Crippen LogP contribution in [0.25, 0.3) is 10.6 Å². The first-order valence-electron chi connectivity index (χ1n) is 15.1. The number of hydrogen-bond acceptors (Lipinski definition) is 4. The number of unbranched alkanes of at least 4 members (excludes halogenated alkanes) is 11. The molecule has 0 aliphatic rings. The molecular formula is C34H47ClN2O3S. The van der Waals surface area contributed by atoms with Gasteiger partial charge in [0.15, 0.2) is 12.0 Å². The van der Waals surface area contributed by atoms with Gasteiger partial charge in [-0.2, -0.15) is 4.57 Å². The van der Waals surface area contributed by atoms with Crippen molar-refractivity contribution < 1.29 is 31.3 Å². The zero-order valence-electron chi connectivity index (χ0n) is 25.1. The van der Waals surface area contributed by atoms with Crippen molar-refractivity contribution >= 4 is 28.7 Å².